The highest BCUT2D eigenvalue weighted by atomic mass is 16.5. The number of esters is 1. The molecule has 1 aromatic heterocycles. The van der Waals surface area contributed by atoms with Crippen molar-refractivity contribution in [2.45, 2.75) is 39.8 Å². The van der Waals surface area contributed by atoms with Gasteiger partial charge in [0, 0.05) is 19.6 Å². The summed E-state index contributed by atoms with van der Waals surface area (Å²) in [5.74, 6) is -0.304. The summed E-state index contributed by atoms with van der Waals surface area (Å²) in [5.41, 5.74) is 1.41. The van der Waals surface area contributed by atoms with Crippen LogP contribution < -0.4 is 5.32 Å². The molecule has 0 spiro atoms. The molecule has 0 fully saturated rings. The van der Waals surface area contributed by atoms with Crippen LogP contribution in [0.4, 0.5) is 0 Å². The highest BCUT2D eigenvalue weighted by Crippen LogP contribution is 2.09. The molecule has 1 aromatic rings. The minimum absolute atomic E-state index is 0.304. The quantitative estimate of drug-likeness (QED) is 0.551. The van der Waals surface area contributed by atoms with Gasteiger partial charge in [-0.2, -0.15) is 5.10 Å². The molecule has 0 bridgehead atoms. The fourth-order valence-electron chi connectivity index (χ4n) is 1.97. The van der Waals surface area contributed by atoms with E-state index in [1.165, 1.54) is 0 Å². The van der Waals surface area contributed by atoms with E-state index in [2.05, 4.69) is 36.2 Å². The molecule has 0 radical (unpaired) electrons. The lowest BCUT2D eigenvalue weighted by Gasteiger charge is -2.20. The Bertz CT molecular complexity index is 443. The maximum Gasteiger partial charge on any atom is 0.341 e. The molecular weight excluding hydrogens is 268 g/mol. The summed E-state index contributed by atoms with van der Waals surface area (Å²) in [6.07, 6.45) is 2.64. The molecule has 120 valence electrons. The summed E-state index contributed by atoms with van der Waals surface area (Å²) in [6, 6.07) is 0.567. The Balaban J connectivity index is 2.42. The third-order valence-corrected chi connectivity index (χ3v) is 3.60. The molecule has 0 amide bonds. The van der Waals surface area contributed by atoms with Crippen molar-refractivity contribution in [2.75, 3.05) is 26.7 Å². The first-order valence-corrected chi connectivity index (χ1v) is 7.56. The second-order valence-corrected chi connectivity index (χ2v) is 5.45. The van der Waals surface area contributed by atoms with E-state index in [1.54, 1.807) is 17.8 Å². The molecular formula is C15H28N4O2. The molecule has 0 aliphatic carbocycles. The van der Waals surface area contributed by atoms with Gasteiger partial charge in [-0.15, -0.1) is 0 Å². The monoisotopic (exact) mass is 296 g/mol. The molecule has 0 aromatic carbocycles. The molecule has 0 saturated heterocycles. The third kappa shape index (κ3) is 5.47. The molecule has 6 nitrogen and oxygen atoms in total. The number of aromatic nitrogens is 2. The number of nitrogens with zero attached hydrogens (tertiary/aromatic N) is 3. The van der Waals surface area contributed by atoms with Gasteiger partial charge in [-0.3, -0.25) is 4.68 Å². The van der Waals surface area contributed by atoms with Gasteiger partial charge in [0.05, 0.1) is 18.5 Å². The first kappa shape index (κ1) is 17.7. The van der Waals surface area contributed by atoms with Crippen molar-refractivity contribution in [1.29, 1.82) is 0 Å². The van der Waals surface area contributed by atoms with Crippen molar-refractivity contribution in [2.24, 2.45) is 7.05 Å². The SMILES string of the molecule is CCOC(=O)c1cnn(C)c1CNCCCN(C)C(C)C. The fraction of sp³-hybridized carbons (Fsp3) is 0.733. The van der Waals surface area contributed by atoms with Gasteiger partial charge in [0.2, 0.25) is 0 Å². The Kier molecular flexibility index (Phi) is 7.39. The zero-order chi connectivity index (χ0) is 15.8. The van der Waals surface area contributed by atoms with Crippen molar-refractivity contribution in [3.05, 3.63) is 17.5 Å². The van der Waals surface area contributed by atoms with Crippen molar-refractivity contribution < 1.29 is 9.53 Å². The van der Waals surface area contributed by atoms with Gasteiger partial charge in [0.1, 0.15) is 5.56 Å². The Labute approximate surface area is 127 Å². The van der Waals surface area contributed by atoms with Crippen LogP contribution in [0.5, 0.6) is 0 Å². The number of nitrogens with one attached hydrogen (secondary N) is 1. The predicted molar refractivity (Wildman–Crippen MR) is 83.3 cm³/mol. The second-order valence-electron chi connectivity index (χ2n) is 5.45. The van der Waals surface area contributed by atoms with E-state index < -0.39 is 0 Å². The molecule has 1 heterocycles. The smallest absolute Gasteiger partial charge is 0.341 e. The van der Waals surface area contributed by atoms with Gasteiger partial charge in [-0.05, 0) is 47.3 Å². The minimum Gasteiger partial charge on any atom is -0.462 e. The average molecular weight is 296 g/mol. The largest absolute Gasteiger partial charge is 0.462 e. The van der Waals surface area contributed by atoms with Crippen molar-refractivity contribution >= 4 is 5.97 Å². The Morgan fingerprint density at radius 3 is 2.86 bits per heavy atom. The maximum absolute atomic E-state index is 11.8. The summed E-state index contributed by atoms with van der Waals surface area (Å²) in [6.45, 7) is 9.14. The molecule has 0 aliphatic heterocycles. The summed E-state index contributed by atoms with van der Waals surface area (Å²) in [5, 5.41) is 7.50. The Morgan fingerprint density at radius 1 is 1.52 bits per heavy atom. The third-order valence-electron chi connectivity index (χ3n) is 3.60. The topological polar surface area (TPSA) is 59.4 Å². The zero-order valence-corrected chi connectivity index (χ0v) is 13.8. The maximum atomic E-state index is 11.8. The first-order chi connectivity index (χ1) is 9.97. The number of rotatable bonds is 9. The van der Waals surface area contributed by atoms with Crippen LogP contribution in [0.15, 0.2) is 6.20 Å². The molecule has 1 rings (SSSR count). The normalized spacial score (nSPS) is 11.4. The van der Waals surface area contributed by atoms with Crippen molar-refractivity contribution in [1.82, 2.24) is 20.0 Å². The van der Waals surface area contributed by atoms with Gasteiger partial charge in [0.25, 0.3) is 0 Å². The molecule has 0 unspecified atom stereocenters. The van der Waals surface area contributed by atoms with Crippen LogP contribution in [0.25, 0.3) is 0 Å². The molecule has 1 N–H and O–H groups in total. The summed E-state index contributed by atoms with van der Waals surface area (Å²) < 4.78 is 6.76. The standard InChI is InChI=1S/C15H28N4O2/c1-6-21-15(20)13-10-17-19(5)14(13)11-16-8-7-9-18(4)12(2)3/h10,12,16H,6-9,11H2,1-5H3. The Morgan fingerprint density at radius 2 is 2.24 bits per heavy atom. The highest BCUT2D eigenvalue weighted by Gasteiger charge is 2.16. The molecule has 0 aliphatic rings. The highest BCUT2D eigenvalue weighted by molar-refractivity contribution is 5.90. The van der Waals surface area contributed by atoms with Crippen LogP contribution in [-0.2, 0) is 18.3 Å². The van der Waals surface area contributed by atoms with Gasteiger partial charge in [-0.1, -0.05) is 0 Å². The average Bonchev–Trinajstić information content (AvgIpc) is 2.80. The van der Waals surface area contributed by atoms with E-state index in [0.717, 1.165) is 25.2 Å². The predicted octanol–water partition coefficient (Wildman–Crippen LogP) is 1.42. The number of hydrogen-bond acceptors (Lipinski definition) is 5. The summed E-state index contributed by atoms with van der Waals surface area (Å²) >= 11 is 0. The lowest BCUT2D eigenvalue weighted by Crippen LogP contribution is -2.29. The van der Waals surface area contributed by atoms with Gasteiger partial charge >= 0.3 is 5.97 Å². The van der Waals surface area contributed by atoms with Crippen LogP contribution in [0.3, 0.4) is 0 Å². The number of carbonyl (C=O) groups is 1. The van der Waals surface area contributed by atoms with Crippen LogP contribution in [-0.4, -0.2) is 53.4 Å². The first-order valence-electron chi connectivity index (χ1n) is 7.56. The van der Waals surface area contributed by atoms with E-state index in [-0.39, 0.29) is 5.97 Å². The second kappa shape index (κ2) is 8.79. The van der Waals surface area contributed by atoms with E-state index in [0.29, 0.717) is 24.8 Å². The molecule has 0 atom stereocenters. The van der Waals surface area contributed by atoms with Crippen molar-refractivity contribution in [3.8, 4) is 0 Å². The Hall–Kier alpha value is -1.40. The van der Waals surface area contributed by atoms with Crippen molar-refractivity contribution in [3.63, 3.8) is 0 Å². The van der Waals surface area contributed by atoms with Gasteiger partial charge in [0.15, 0.2) is 0 Å². The van der Waals surface area contributed by atoms with Crippen LogP contribution >= 0.6 is 0 Å². The lowest BCUT2D eigenvalue weighted by atomic mass is 10.2. The molecule has 0 saturated carbocycles. The summed E-state index contributed by atoms with van der Waals surface area (Å²) in [4.78, 5) is 14.1. The minimum atomic E-state index is -0.304. The van der Waals surface area contributed by atoms with Gasteiger partial charge < -0.3 is 15.0 Å². The van der Waals surface area contributed by atoms with Gasteiger partial charge in [-0.25, -0.2) is 4.79 Å². The van der Waals surface area contributed by atoms with E-state index in [1.807, 2.05) is 7.05 Å². The fourth-order valence-corrected chi connectivity index (χ4v) is 1.97. The lowest BCUT2D eigenvalue weighted by molar-refractivity contribution is 0.0524. The molecule has 21 heavy (non-hydrogen) atoms. The number of aryl methyl sites for hydroxylation is 1. The zero-order valence-electron chi connectivity index (χ0n) is 13.8. The molecule has 6 heteroatoms. The van der Waals surface area contributed by atoms with E-state index in [9.17, 15) is 4.79 Å². The summed E-state index contributed by atoms with van der Waals surface area (Å²) in [7, 11) is 3.97. The van der Waals surface area contributed by atoms with Crippen LogP contribution in [0, 0.1) is 0 Å². The van der Waals surface area contributed by atoms with Crippen LogP contribution in [0.2, 0.25) is 0 Å². The van der Waals surface area contributed by atoms with E-state index >= 15 is 0 Å². The number of ether oxygens (including phenoxy) is 1. The van der Waals surface area contributed by atoms with E-state index in [4.69, 9.17) is 4.74 Å². The van der Waals surface area contributed by atoms with Crippen LogP contribution in [0.1, 0.15) is 43.2 Å². The number of carbonyl (C=O) groups excluding carboxylic acids is 1. The number of hydrogen-bond donors (Lipinski definition) is 1.